The molecule has 0 unspecified atom stereocenters. The Labute approximate surface area is 137 Å². The molecule has 23 heavy (non-hydrogen) atoms. The number of carbonyl (C=O) groups is 1. The molecule has 1 aliphatic carbocycles. The standard InChI is InChI=1S/C15H15ClN4O3/c16-12-3-1-2-11(8-12)15(5-6-15)18-14(21)4-7-19-10-13(9-17-19)20(22)23/h1-3,8-10H,4-7H2,(H,18,21). The van der Waals surface area contributed by atoms with Crippen LogP contribution in [0, 0.1) is 10.1 Å². The summed E-state index contributed by atoms with van der Waals surface area (Å²) < 4.78 is 1.40. The van der Waals surface area contributed by atoms with Crippen LogP contribution < -0.4 is 5.32 Å². The number of hydrogen-bond acceptors (Lipinski definition) is 4. The molecule has 1 heterocycles. The van der Waals surface area contributed by atoms with Crippen molar-refractivity contribution in [3.05, 3.63) is 57.4 Å². The predicted octanol–water partition coefficient (Wildman–Crippen LogP) is 2.64. The Morgan fingerprint density at radius 2 is 2.26 bits per heavy atom. The van der Waals surface area contributed by atoms with Crippen molar-refractivity contribution in [1.29, 1.82) is 0 Å². The van der Waals surface area contributed by atoms with Gasteiger partial charge in [0.25, 0.3) is 0 Å². The number of nitrogens with one attached hydrogen (secondary N) is 1. The fourth-order valence-electron chi connectivity index (χ4n) is 2.51. The number of hydrogen-bond donors (Lipinski definition) is 1. The molecule has 7 nitrogen and oxygen atoms in total. The number of nitrogens with zero attached hydrogens (tertiary/aromatic N) is 3. The zero-order valence-corrected chi connectivity index (χ0v) is 13.0. The number of halogens is 1. The van der Waals surface area contributed by atoms with E-state index in [-0.39, 0.29) is 23.6 Å². The Morgan fingerprint density at radius 3 is 2.87 bits per heavy atom. The van der Waals surface area contributed by atoms with E-state index in [2.05, 4.69) is 10.4 Å². The highest BCUT2D eigenvalue weighted by molar-refractivity contribution is 6.30. The van der Waals surface area contributed by atoms with E-state index in [4.69, 9.17) is 11.6 Å². The molecule has 8 heteroatoms. The summed E-state index contributed by atoms with van der Waals surface area (Å²) in [6, 6.07) is 7.49. The fraction of sp³-hybridized carbons (Fsp3) is 0.333. The molecule has 1 fully saturated rings. The molecular weight excluding hydrogens is 320 g/mol. The van der Waals surface area contributed by atoms with Gasteiger partial charge in [0.1, 0.15) is 12.4 Å². The molecule has 0 atom stereocenters. The van der Waals surface area contributed by atoms with Crippen molar-refractivity contribution in [3.63, 3.8) is 0 Å². The van der Waals surface area contributed by atoms with Gasteiger partial charge in [-0.25, -0.2) is 0 Å². The lowest BCUT2D eigenvalue weighted by Gasteiger charge is -2.18. The van der Waals surface area contributed by atoms with Crippen molar-refractivity contribution in [1.82, 2.24) is 15.1 Å². The van der Waals surface area contributed by atoms with Crippen LogP contribution in [-0.2, 0) is 16.9 Å². The van der Waals surface area contributed by atoms with E-state index in [0.29, 0.717) is 11.6 Å². The van der Waals surface area contributed by atoms with Crippen LogP contribution in [0.25, 0.3) is 0 Å². The predicted molar refractivity (Wildman–Crippen MR) is 84.0 cm³/mol. The number of rotatable bonds is 6. The van der Waals surface area contributed by atoms with E-state index in [9.17, 15) is 14.9 Å². The molecule has 0 aliphatic heterocycles. The van der Waals surface area contributed by atoms with Gasteiger partial charge >= 0.3 is 5.69 Å². The first kappa shape index (κ1) is 15.5. The SMILES string of the molecule is O=C(CCn1cc([N+](=O)[O-])cn1)NC1(c2cccc(Cl)c2)CC1. The van der Waals surface area contributed by atoms with Gasteiger partial charge in [-0.05, 0) is 30.5 Å². The van der Waals surface area contributed by atoms with Gasteiger partial charge in [-0.2, -0.15) is 5.10 Å². The Morgan fingerprint density at radius 1 is 1.48 bits per heavy atom. The molecule has 1 saturated carbocycles. The molecular formula is C15H15ClN4O3. The van der Waals surface area contributed by atoms with Crippen LogP contribution in [0.2, 0.25) is 5.02 Å². The second-order valence-corrected chi connectivity index (χ2v) is 6.05. The second-order valence-electron chi connectivity index (χ2n) is 5.61. The van der Waals surface area contributed by atoms with Crippen molar-refractivity contribution in [2.75, 3.05) is 0 Å². The van der Waals surface area contributed by atoms with E-state index >= 15 is 0 Å². The third-order valence-electron chi connectivity index (χ3n) is 3.90. The zero-order valence-electron chi connectivity index (χ0n) is 12.2. The number of nitro groups is 1. The third-order valence-corrected chi connectivity index (χ3v) is 4.14. The van der Waals surface area contributed by atoms with Crippen molar-refractivity contribution < 1.29 is 9.72 Å². The summed E-state index contributed by atoms with van der Waals surface area (Å²) in [5.41, 5.74) is 0.606. The minimum atomic E-state index is -0.512. The summed E-state index contributed by atoms with van der Waals surface area (Å²) in [7, 11) is 0. The van der Waals surface area contributed by atoms with E-state index in [1.54, 1.807) is 6.07 Å². The van der Waals surface area contributed by atoms with Gasteiger partial charge in [-0.1, -0.05) is 23.7 Å². The lowest BCUT2D eigenvalue weighted by atomic mass is 10.0. The molecule has 1 N–H and O–H groups in total. The lowest BCUT2D eigenvalue weighted by Crippen LogP contribution is -2.35. The maximum atomic E-state index is 12.2. The van der Waals surface area contributed by atoms with Crippen LogP contribution in [0.3, 0.4) is 0 Å². The number of amides is 1. The minimum Gasteiger partial charge on any atom is -0.347 e. The van der Waals surface area contributed by atoms with Crippen molar-refractivity contribution >= 4 is 23.2 Å². The highest BCUT2D eigenvalue weighted by Gasteiger charge is 2.45. The van der Waals surface area contributed by atoms with Gasteiger partial charge in [0.2, 0.25) is 5.91 Å². The van der Waals surface area contributed by atoms with E-state index < -0.39 is 4.92 Å². The molecule has 1 aromatic heterocycles. The number of aromatic nitrogens is 2. The second kappa shape index (κ2) is 6.00. The fourth-order valence-corrected chi connectivity index (χ4v) is 2.70. The van der Waals surface area contributed by atoms with Gasteiger partial charge in [0.05, 0.1) is 10.5 Å². The van der Waals surface area contributed by atoms with Gasteiger partial charge in [-0.3, -0.25) is 19.6 Å². The van der Waals surface area contributed by atoms with Gasteiger partial charge < -0.3 is 5.32 Å². The summed E-state index contributed by atoms with van der Waals surface area (Å²) in [5, 5.41) is 18.1. The Bertz CT molecular complexity index is 755. The number of benzene rings is 1. The molecule has 0 radical (unpaired) electrons. The Balaban J connectivity index is 1.58. The average molecular weight is 335 g/mol. The molecule has 3 rings (SSSR count). The van der Waals surface area contributed by atoms with Crippen LogP contribution in [0.4, 0.5) is 5.69 Å². The molecule has 0 saturated heterocycles. The van der Waals surface area contributed by atoms with Crippen LogP contribution in [0.15, 0.2) is 36.7 Å². The van der Waals surface area contributed by atoms with Crippen LogP contribution in [0.1, 0.15) is 24.8 Å². The Kier molecular flexibility index (Phi) is 4.04. The average Bonchev–Trinajstić information content (AvgIpc) is 3.12. The monoisotopic (exact) mass is 334 g/mol. The minimum absolute atomic E-state index is 0.0806. The summed E-state index contributed by atoms with van der Waals surface area (Å²) in [4.78, 5) is 22.2. The number of carbonyl (C=O) groups excluding carboxylic acids is 1. The maximum Gasteiger partial charge on any atom is 0.306 e. The van der Waals surface area contributed by atoms with E-state index in [1.807, 2.05) is 18.2 Å². The normalized spacial score (nSPS) is 15.2. The summed E-state index contributed by atoms with van der Waals surface area (Å²) >= 11 is 6.00. The lowest BCUT2D eigenvalue weighted by molar-refractivity contribution is -0.385. The van der Waals surface area contributed by atoms with Crippen LogP contribution in [0.5, 0.6) is 0 Å². The van der Waals surface area contributed by atoms with E-state index in [1.165, 1.54) is 17.1 Å². The first-order valence-electron chi connectivity index (χ1n) is 7.22. The smallest absolute Gasteiger partial charge is 0.306 e. The molecule has 0 bridgehead atoms. The van der Waals surface area contributed by atoms with Gasteiger partial charge in [0.15, 0.2) is 0 Å². The number of aryl methyl sites for hydroxylation is 1. The van der Waals surface area contributed by atoms with E-state index in [0.717, 1.165) is 18.4 Å². The molecule has 120 valence electrons. The topological polar surface area (TPSA) is 90.1 Å². The summed E-state index contributed by atoms with van der Waals surface area (Å²) in [6.45, 7) is 0.297. The highest BCUT2D eigenvalue weighted by atomic mass is 35.5. The van der Waals surface area contributed by atoms with Crippen molar-refractivity contribution in [2.45, 2.75) is 31.3 Å². The first-order valence-corrected chi connectivity index (χ1v) is 7.60. The zero-order chi connectivity index (χ0) is 16.4. The van der Waals surface area contributed by atoms with Crippen LogP contribution >= 0.6 is 11.6 Å². The summed E-state index contributed by atoms with van der Waals surface area (Å²) in [6.07, 6.45) is 4.46. The highest BCUT2D eigenvalue weighted by Crippen LogP contribution is 2.46. The molecule has 1 amide bonds. The van der Waals surface area contributed by atoms with Crippen molar-refractivity contribution in [2.24, 2.45) is 0 Å². The molecule has 1 aromatic carbocycles. The van der Waals surface area contributed by atoms with Gasteiger partial charge in [-0.15, -0.1) is 0 Å². The first-order chi connectivity index (χ1) is 11.0. The molecule has 1 aliphatic rings. The Hall–Kier alpha value is -2.41. The van der Waals surface area contributed by atoms with Crippen LogP contribution in [-0.4, -0.2) is 20.6 Å². The quantitative estimate of drug-likeness (QED) is 0.649. The summed E-state index contributed by atoms with van der Waals surface area (Å²) in [5.74, 6) is -0.111. The largest absolute Gasteiger partial charge is 0.347 e. The molecule has 2 aromatic rings. The van der Waals surface area contributed by atoms with Crippen molar-refractivity contribution in [3.8, 4) is 0 Å². The third kappa shape index (κ3) is 3.50. The maximum absolute atomic E-state index is 12.2. The van der Waals surface area contributed by atoms with Gasteiger partial charge in [0, 0.05) is 18.0 Å². The molecule has 0 spiro atoms.